The van der Waals surface area contributed by atoms with Crippen molar-refractivity contribution in [3.63, 3.8) is 0 Å². The number of nitrogens with zero attached hydrogens (tertiary/aromatic N) is 1. The van der Waals surface area contributed by atoms with Gasteiger partial charge in [0, 0.05) is 25.7 Å². The number of hydrogen-bond donors (Lipinski definition) is 1. The average Bonchev–Trinajstić information content (AvgIpc) is 2.42. The number of nitrogens with one attached hydrogen (secondary N) is 1. The molecule has 1 N–H and O–H groups in total. The lowest BCUT2D eigenvalue weighted by atomic mass is 10.2. The first-order chi connectivity index (χ1) is 8.67. The van der Waals surface area contributed by atoms with Gasteiger partial charge in [-0.1, -0.05) is 0 Å². The van der Waals surface area contributed by atoms with Crippen LogP contribution in [0.5, 0.6) is 5.75 Å². The highest BCUT2D eigenvalue weighted by Gasteiger charge is 2.08. The van der Waals surface area contributed by atoms with Crippen molar-refractivity contribution in [2.45, 2.75) is 0 Å². The molecule has 0 saturated heterocycles. The van der Waals surface area contributed by atoms with Crippen LogP contribution in [0, 0.1) is 0 Å². The molecule has 0 saturated carbocycles. The zero-order valence-corrected chi connectivity index (χ0v) is 10.7. The molecule has 0 aliphatic carbocycles. The summed E-state index contributed by atoms with van der Waals surface area (Å²) in [6, 6.07) is 6.64. The molecule has 0 fully saturated rings. The fourth-order valence-electron chi connectivity index (χ4n) is 1.30. The van der Waals surface area contributed by atoms with Crippen molar-refractivity contribution in [1.82, 2.24) is 10.2 Å². The van der Waals surface area contributed by atoms with Crippen LogP contribution in [0.4, 0.5) is 0 Å². The fourth-order valence-corrected chi connectivity index (χ4v) is 1.30. The predicted molar refractivity (Wildman–Crippen MR) is 68.9 cm³/mol. The summed E-state index contributed by atoms with van der Waals surface area (Å²) in [6.07, 6.45) is 0.764. The lowest BCUT2D eigenvalue weighted by Crippen LogP contribution is -2.35. The molecule has 5 nitrogen and oxygen atoms in total. The summed E-state index contributed by atoms with van der Waals surface area (Å²) in [7, 11) is 3.57. The molecule has 1 aromatic rings. The lowest BCUT2D eigenvalue weighted by Gasteiger charge is -2.17. The quantitative estimate of drug-likeness (QED) is 0.718. The van der Waals surface area contributed by atoms with Gasteiger partial charge in [0.25, 0.3) is 5.91 Å². The smallest absolute Gasteiger partial charge is 0.260 e. The van der Waals surface area contributed by atoms with Crippen LogP contribution in [0.1, 0.15) is 10.4 Å². The van der Waals surface area contributed by atoms with E-state index in [-0.39, 0.29) is 12.5 Å². The predicted octanol–water partition coefficient (Wildman–Crippen LogP) is 0.556. The molecule has 1 aromatic carbocycles. The van der Waals surface area contributed by atoms with Crippen LogP contribution in [0.2, 0.25) is 0 Å². The molecular weight excluding hydrogens is 232 g/mol. The van der Waals surface area contributed by atoms with Gasteiger partial charge in [-0.2, -0.15) is 0 Å². The van der Waals surface area contributed by atoms with Crippen LogP contribution in [-0.2, 0) is 4.79 Å². The molecule has 5 heteroatoms. The van der Waals surface area contributed by atoms with E-state index in [1.54, 1.807) is 36.2 Å². The van der Waals surface area contributed by atoms with Gasteiger partial charge in [-0.25, -0.2) is 0 Å². The Morgan fingerprint density at radius 3 is 2.61 bits per heavy atom. The molecule has 18 heavy (non-hydrogen) atoms. The van der Waals surface area contributed by atoms with Gasteiger partial charge in [0.05, 0.1) is 0 Å². The topological polar surface area (TPSA) is 58.6 Å². The second-order valence-electron chi connectivity index (χ2n) is 3.89. The second kappa shape index (κ2) is 7.45. The Morgan fingerprint density at radius 1 is 1.39 bits per heavy atom. The van der Waals surface area contributed by atoms with Crippen LogP contribution in [0.15, 0.2) is 24.3 Å². The van der Waals surface area contributed by atoms with Crippen LogP contribution in [-0.4, -0.2) is 50.9 Å². The first kappa shape index (κ1) is 14.2. The van der Waals surface area contributed by atoms with Crippen LogP contribution < -0.4 is 10.1 Å². The van der Waals surface area contributed by atoms with Crippen LogP contribution >= 0.6 is 0 Å². The van der Waals surface area contributed by atoms with Crippen molar-refractivity contribution >= 4 is 12.2 Å². The van der Waals surface area contributed by atoms with Crippen molar-refractivity contribution in [3.8, 4) is 5.75 Å². The third kappa shape index (κ3) is 4.55. The van der Waals surface area contributed by atoms with Crippen molar-refractivity contribution in [2.75, 3.05) is 33.8 Å². The molecule has 0 aliphatic rings. The third-order valence-corrected chi connectivity index (χ3v) is 2.50. The van der Waals surface area contributed by atoms with Gasteiger partial charge in [0.2, 0.25) is 0 Å². The maximum atomic E-state index is 11.7. The Labute approximate surface area is 107 Å². The van der Waals surface area contributed by atoms with Gasteiger partial charge in [0.15, 0.2) is 6.61 Å². The lowest BCUT2D eigenvalue weighted by molar-refractivity contribution is -0.131. The van der Waals surface area contributed by atoms with E-state index in [2.05, 4.69) is 5.32 Å². The number of amides is 1. The minimum absolute atomic E-state index is 0.000645. The molecular formula is C13H18N2O3. The van der Waals surface area contributed by atoms with Crippen LogP contribution in [0.3, 0.4) is 0 Å². The molecule has 0 unspecified atom stereocenters. The monoisotopic (exact) mass is 250 g/mol. The van der Waals surface area contributed by atoms with E-state index in [0.717, 1.165) is 12.8 Å². The summed E-state index contributed by atoms with van der Waals surface area (Å²) in [5.41, 5.74) is 0.583. The molecule has 1 rings (SSSR count). The van der Waals surface area contributed by atoms with E-state index >= 15 is 0 Å². The summed E-state index contributed by atoms with van der Waals surface area (Å²) in [5, 5.41) is 2.97. The average molecular weight is 250 g/mol. The molecule has 0 atom stereocenters. The Hall–Kier alpha value is -1.88. The van der Waals surface area contributed by atoms with Crippen molar-refractivity contribution in [2.24, 2.45) is 0 Å². The summed E-state index contributed by atoms with van der Waals surface area (Å²) in [4.78, 5) is 23.7. The van der Waals surface area contributed by atoms with E-state index < -0.39 is 0 Å². The van der Waals surface area contributed by atoms with Gasteiger partial charge < -0.3 is 15.0 Å². The Morgan fingerprint density at radius 2 is 2.06 bits per heavy atom. The van der Waals surface area contributed by atoms with Gasteiger partial charge in [-0.3, -0.25) is 9.59 Å². The SMILES string of the molecule is CNCCN(C)C(=O)COc1ccc(C=O)cc1. The summed E-state index contributed by atoms with van der Waals surface area (Å²) in [5.74, 6) is 0.501. The highest BCUT2D eigenvalue weighted by atomic mass is 16.5. The summed E-state index contributed by atoms with van der Waals surface area (Å²) < 4.78 is 5.34. The summed E-state index contributed by atoms with van der Waals surface area (Å²) in [6.45, 7) is 1.39. The van der Waals surface area contributed by atoms with Crippen LogP contribution in [0.25, 0.3) is 0 Å². The molecule has 0 aromatic heterocycles. The van der Waals surface area contributed by atoms with E-state index in [4.69, 9.17) is 4.74 Å². The molecule has 0 spiro atoms. The maximum absolute atomic E-state index is 11.7. The fraction of sp³-hybridized carbons (Fsp3) is 0.385. The minimum Gasteiger partial charge on any atom is -0.484 e. The normalized spacial score (nSPS) is 9.89. The van der Waals surface area contributed by atoms with Crippen molar-refractivity contribution in [1.29, 1.82) is 0 Å². The number of aldehydes is 1. The zero-order valence-electron chi connectivity index (χ0n) is 10.7. The van der Waals surface area contributed by atoms with Gasteiger partial charge in [-0.15, -0.1) is 0 Å². The van der Waals surface area contributed by atoms with E-state index in [1.165, 1.54) is 0 Å². The Kier molecular flexibility index (Phi) is 5.87. The zero-order chi connectivity index (χ0) is 13.4. The number of hydrogen-bond acceptors (Lipinski definition) is 4. The highest BCUT2D eigenvalue weighted by molar-refractivity contribution is 5.77. The molecule has 0 aliphatic heterocycles. The number of likely N-dealkylation sites (N-methyl/N-ethyl adjacent to an activating group) is 2. The number of ether oxygens (including phenoxy) is 1. The second-order valence-corrected chi connectivity index (χ2v) is 3.89. The minimum atomic E-state index is -0.0790. The van der Waals surface area contributed by atoms with E-state index in [0.29, 0.717) is 17.9 Å². The molecule has 0 heterocycles. The first-order valence-corrected chi connectivity index (χ1v) is 5.74. The van der Waals surface area contributed by atoms with Gasteiger partial charge in [0.1, 0.15) is 12.0 Å². The molecule has 98 valence electrons. The van der Waals surface area contributed by atoms with E-state index in [9.17, 15) is 9.59 Å². The highest BCUT2D eigenvalue weighted by Crippen LogP contribution is 2.10. The van der Waals surface area contributed by atoms with Gasteiger partial charge >= 0.3 is 0 Å². The Balaban J connectivity index is 2.39. The van der Waals surface area contributed by atoms with Crippen molar-refractivity contribution < 1.29 is 14.3 Å². The maximum Gasteiger partial charge on any atom is 0.260 e. The third-order valence-electron chi connectivity index (χ3n) is 2.50. The molecule has 1 amide bonds. The first-order valence-electron chi connectivity index (χ1n) is 5.74. The summed E-state index contributed by atoms with van der Waals surface area (Å²) >= 11 is 0. The number of carbonyl (C=O) groups is 2. The standard InChI is InChI=1S/C13H18N2O3/c1-14-7-8-15(2)13(17)10-18-12-5-3-11(9-16)4-6-12/h3-6,9,14H,7-8,10H2,1-2H3. The number of rotatable bonds is 7. The van der Waals surface area contributed by atoms with Gasteiger partial charge in [-0.05, 0) is 31.3 Å². The molecule has 0 bridgehead atoms. The number of carbonyl (C=O) groups excluding carboxylic acids is 2. The largest absolute Gasteiger partial charge is 0.484 e. The van der Waals surface area contributed by atoms with E-state index in [1.807, 2.05) is 7.05 Å². The van der Waals surface area contributed by atoms with Crippen molar-refractivity contribution in [3.05, 3.63) is 29.8 Å². The number of benzene rings is 1. The Bertz CT molecular complexity index is 390. The molecule has 0 radical (unpaired) electrons.